The first kappa shape index (κ1) is 22.7. The molecule has 0 N–H and O–H groups in total. The van der Waals surface area contributed by atoms with E-state index in [1.807, 2.05) is 18.2 Å². The minimum absolute atomic E-state index is 0.0216. The van der Waals surface area contributed by atoms with E-state index < -0.39 is 0 Å². The van der Waals surface area contributed by atoms with Gasteiger partial charge in [-0.2, -0.15) is 5.26 Å². The smallest absolute Gasteiger partial charge is 0.230 e. The highest BCUT2D eigenvalue weighted by Gasteiger charge is 2.41. The van der Waals surface area contributed by atoms with E-state index in [1.165, 1.54) is 29.5 Å². The average molecular weight is 454 g/mol. The number of nitriles is 1. The van der Waals surface area contributed by atoms with E-state index in [2.05, 4.69) is 65.8 Å². The van der Waals surface area contributed by atoms with Gasteiger partial charge in [0.1, 0.15) is 0 Å². The normalized spacial score (nSPS) is 20.5. The van der Waals surface area contributed by atoms with Crippen molar-refractivity contribution in [2.75, 3.05) is 6.54 Å². The van der Waals surface area contributed by atoms with Gasteiger partial charge in [0.15, 0.2) is 0 Å². The molecule has 0 bridgehead atoms. The number of aromatic nitrogens is 1. The van der Waals surface area contributed by atoms with Crippen molar-refractivity contribution in [2.45, 2.75) is 76.8 Å². The Morgan fingerprint density at radius 2 is 1.82 bits per heavy atom. The van der Waals surface area contributed by atoms with E-state index >= 15 is 0 Å². The Labute approximate surface area is 203 Å². The molecule has 4 heteroatoms. The van der Waals surface area contributed by atoms with Crippen LogP contribution < -0.4 is 0 Å². The predicted molar refractivity (Wildman–Crippen MR) is 137 cm³/mol. The molecule has 1 aromatic heterocycles. The van der Waals surface area contributed by atoms with Crippen LogP contribution in [0.5, 0.6) is 0 Å². The van der Waals surface area contributed by atoms with E-state index in [1.54, 1.807) is 0 Å². The van der Waals surface area contributed by atoms with Crippen molar-refractivity contribution in [2.24, 2.45) is 5.92 Å². The van der Waals surface area contributed by atoms with Gasteiger partial charge in [-0.05, 0) is 67.7 Å². The number of hydrogen-bond acceptors (Lipinski definition) is 2. The standard InChI is InChI=1S/C30H35N3O/c1-3-32-27(19-25-16-15-22(20-31)18-28(25)32)21(2)26-14-9-17-33(26)30(34)29(24-12-7-8-13-24)23-10-5-4-6-11-23/h4-6,10-11,15-16,18-19,21,24,26,29H,3,7-9,12-14,17H2,1-2H3/t21?,26-,29?/m0/s1. The summed E-state index contributed by atoms with van der Waals surface area (Å²) in [5, 5.41) is 10.6. The topological polar surface area (TPSA) is 49.0 Å². The van der Waals surface area contributed by atoms with Crippen molar-refractivity contribution in [3.8, 4) is 6.07 Å². The van der Waals surface area contributed by atoms with Gasteiger partial charge >= 0.3 is 0 Å². The number of likely N-dealkylation sites (tertiary alicyclic amines) is 1. The van der Waals surface area contributed by atoms with Crippen LogP contribution in [0.2, 0.25) is 0 Å². The Bertz CT molecular complexity index is 1200. The Morgan fingerprint density at radius 1 is 1.06 bits per heavy atom. The van der Waals surface area contributed by atoms with E-state index in [9.17, 15) is 10.1 Å². The number of rotatable bonds is 6. The Kier molecular flexibility index (Phi) is 6.46. The zero-order valence-corrected chi connectivity index (χ0v) is 20.4. The molecule has 4 nitrogen and oxygen atoms in total. The predicted octanol–water partition coefficient (Wildman–Crippen LogP) is 6.60. The summed E-state index contributed by atoms with van der Waals surface area (Å²) in [4.78, 5) is 16.4. The number of carbonyl (C=O) groups excluding carboxylic acids is 1. The van der Waals surface area contributed by atoms with Gasteiger partial charge in [0.05, 0.1) is 17.6 Å². The molecule has 176 valence electrons. The van der Waals surface area contributed by atoms with Crippen LogP contribution in [0.3, 0.4) is 0 Å². The number of hydrogen-bond donors (Lipinski definition) is 0. The number of amides is 1. The molecule has 2 unspecified atom stereocenters. The van der Waals surface area contributed by atoms with Gasteiger partial charge in [-0.15, -0.1) is 0 Å². The molecule has 3 aromatic rings. The minimum Gasteiger partial charge on any atom is -0.344 e. The lowest BCUT2D eigenvalue weighted by molar-refractivity contribution is -0.135. The lowest BCUT2D eigenvalue weighted by Gasteiger charge is -2.35. The average Bonchev–Trinajstić information content (AvgIpc) is 3.63. The van der Waals surface area contributed by atoms with Crippen LogP contribution in [0.4, 0.5) is 0 Å². The van der Waals surface area contributed by atoms with Crippen molar-refractivity contribution in [1.29, 1.82) is 5.26 Å². The molecule has 34 heavy (non-hydrogen) atoms. The zero-order chi connectivity index (χ0) is 23.7. The molecule has 0 radical (unpaired) electrons. The quantitative estimate of drug-likeness (QED) is 0.422. The Balaban J connectivity index is 1.47. The second kappa shape index (κ2) is 9.66. The molecule has 1 saturated carbocycles. The van der Waals surface area contributed by atoms with E-state index in [-0.39, 0.29) is 17.9 Å². The maximum absolute atomic E-state index is 14.2. The SMILES string of the molecule is CCn1c(C(C)[C@@H]2CCCN2C(=O)C(c2ccccc2)C2CCCC2)cc2ccc(C#N)cc21. The molecule has 5 rings (SSSR count). The summed E-state index contributed by atoms with van der Waals surface area (Å²) >= 11 is 0. The van der Waals surface area contributed by atoms with Crippen LogP contribution in [0.15, 0.2) is 54.6 Å². The maximum Gasteiger partial charge on any atom is 0.230 e. The first-order valence-electron chi connectivity index (χ1n) is 13.0. The second-order valence-corrected chi connectivity index (χ2v) is 10.2. The third-order valence-electron chi connectivity index (χ3n) is 8.30. The van der Waals surface area contributed by atoms with Gasteiger partial charge in [-0.1, -0.05) is 56.2 Å². The van der Waals surface area contributed by atoms with E-state index in [0.29, 0.717) is 17.4 Å². The molecule has 1 amide bonds. The van der Waals surface area contributed by atoms with Gasteiger partial charge < -0.3 is 9.47 Å². The van der Waals surface area contributed by atoms with Gasteiger partial charge in [0.25, 0.3) is 0 Å². The fourth-order valence-electron chi connectivity index (χ4n) is 6.60. The number of nitrogens with zero attached hydrogens (tertiary/aromatic N) is 3. The molecule has 2 fully saturated rings. The summed E-state index contributed by atoms with van der Waals surface area (Å²) < 4.78 is 2.34. The largest absolute Gasteiger partial charge is 0.344 e. The first-order chi connectivity index (χ1) is 16.6. The van der Waals surface area contributed by atoms with Crippen LogP contribution in [0.25, 0.3) is 10.9 Å². The third kappa shape index (κ3) is 4.02. The number of carbonyl (C=O) groups is 1. The van der Waals surface area contributed by atoms with Gasteiger partial charge in [0, 0.05) is 36.3 Å². The summed E-state index contributed by atoms with van der Waals surface area (Å²) in [5.74, 6) is 1.01. The van der Waals surface area contributed by atoms with Crippen molar-refractivity contribution in [3.63, 3.8) is 0 Å². The zero-order valence-electron chi connectivity index (χ0n) is 20.4. The summed E-state index contributed by atoms with van der Waals surface area (Å²) in [7, 11) is 0. The summed E-state index contributed by atoms with van der Waals surface area (Å²) in [6, 6.07) is 21.2. The van der Waals surface area contributed by atoms with E-state index in [4.69, 9.17) is 0 Å². The Morgan fingerprint density at radius 3 is 2.53 bits per heavy atom. The van der Waals surface area contributed by atoms with Crippen molar-refractivity contribution >= 4 is 16.8 Å². The molecular formula is C30H35N3O. The summed E-state index contributed by atoms with van der Waals surface area (Å²) in [5.41, 5.74) is 4.27. The van der Waals surface area contributed by atoms with Crippen LogP contribution >= 0.6 is 0 Å². The molecule has 0 spiro atoms. The van der Waals surface area contributed by atoms with Crippen LogP contribution in [-0.2, 0) is 11.3 Å². The fourth-order valence-corrected chi connectivity index (χ4v) is 6.60. The fraction of sp³-hybridized carbons (Fsp3) is 0.467. The number of aryl methyl sites for hydroxylation is 1. The summed E-state index contributed by atoms with van der Waals surface area (Å²) in [6.45, 7) is 6.16. The van der Waals surface area contributed by atoms with Gasteiger partial charge in [-0.25, -0.2) is 0 Å². The third-order valence-corrected chi connectivity index (χ3v) is 8.30. The van der Waals surface area contributed by atoms with Gasteiger partial charge in [-0.3, -0.25) is 4.79 Å². The number of benzene rings is 2. The van der Waals surface area contributed by atoms with Crippen LogP contribution in [0.1, 0.15) is 81.0 Å². The van der Waals surface area contributed by atoms with E-state index in [0.717, 1.165) is 44.3 Å². The molecule has 1 saturated heterocycles. The first-order valence-corrected chi connectivity index (χ1v) is 13.0. The van der Waals surface area contributed by atoms with Gasteiger partial charge in [0.2, 0.25) is 5.91 Å². The maximum atomic E-state index is 14.2. The second-order valence-electron chi connectivity index (χ2n) is 10.2. The van der Waals surface area contributed by atoms with Crippen molar-refractivity contribution in [1.82, 2.24) is 9.47 Å². The lowest BCUT2D eigenvalue weighted by atomic mass is 9.83. The molecular weight excluding hydrogens is 418 g/mol. The molecule has 3 atom stereocenters. The van der Waals surface area contributed by atoms with Crippen molar-refractivity contribution in [3.05, 3.63) is 71.4 Å². The molecule has 1 aliphatic carbocycles. The minimum atomic E-state index is -0.0216. The highest BCUT2D eigenvalue weighted by atomic mass is 16.2. The monoisotopic (exact) mass is 453 g/mol. The highest BCUT2D eigenvalue weighted by Crippen LogP contribution is 2.41. The lowest BCUT2D eigenvalue weighted by Crippen LogP contribution is -2.43. The summed E-state index contributed by atoms with van der Waals surface area (Å²) in [6.07, 6.45) is 6.91. The van der Waals surface area contributed by atoms with Crippen LogP contribution in [0, 0.1) is 17.2 Å². The van der Waals surface area contributed by atoms with Crippen molar-refractivity contribution < 1.29 is 4.79 Å². The molecule has 1 aliphatic heterocycles. The Hall–Kier alpha value is -3.06. The molecule has 2 aromatic carbocycles. The number of fused-ring (bicyclic) bond motifs is 1. The highest BCUT2D eigenvalue weighted by molar-refractivity contribution is 5.85. The van der Waals surface area contributed by atoms with Crippen LogP contribution in [-0.4, -0.2) is 28.0 Å². The molecule has 2 aliphatic rings. The molecule has 2 heterocycles.